The van der Waals surface area contributed by atoms with Crippen LogP contribution in [0.1, 0.15) is 52.1 Å². The van der Waals surface area contributed by atoms with Crippen molar-refractivity contribution in [1.82, 2.24) is 5.32 Å². The summed E-state index contributed by atoms with van der Waals surface area (Å²) in [5.74, 6) is -0.131. The predicted molar refractivity (Wildman–Crippen MR) is 79.2 cm³/mol. The zero-order valence-corrected chi connectivity index (χ0v) is 13.3. The molecule has 1 N–H and O–H groups in total. The Morgan fingerprint density at radius 3 is 2.56 bits per heavy atom. The molecule has 0 bridgehead atoms. The van der Waals surface area contributed by atoms with Crippen LogP contribution in [0.25, 0.3) is 0 Å². The monoisotopic (exact) mass is 315 g/mol. The normalized spacial score (nSPS) is 13.7. The molecule has 1 atom stereocenters. The van der Waals surface area contributed by atoms with Crippen LogP contribution in [0.2, 0.25) is 0 Å². The van der Waals surface area contributed by atoms with Crippen LogP contribution in [0, 0.1) is 11.2 Å². The Morgan fingerprint density at radius 2 is 2.00 bits per heavy atom. The molecule has 1 unspecified atom stereocenters. The first-order chi connectivity index (χ1) is 8.42. The minimum atomic E-state index is -0.131. The molecule has 0 aliphatic heterocycles. The van der Waals surface area contributed by atoms with E-state index in [4.69, 9.17) is 0 Å². The fraction of sp³-hybridized carbons (Fsp3) is 0.600. The van der Waals surface area contributed by atoms with E-state index in [0.29, 0.717) is 0 Å². The van der Waals surface area contributed by atoms with Gasteiger partial charge in [-0.1, -0.05) is 43.6 Å². The molecule has 102 valence electrons. The Hall–Kier alpha value is -0.410. The summed E-state index contributed by atoms with van der Waals surface area (Å²) < 4.78 is 15.0. The lowest BCUT2D eigenvalue weighted by atomic mass is 9.78. The lowest BCUT2D eigenvalue weighted by molar-refractivity contribution is 0.229. The first-order valence-corrected chi connectivity index (χ1v) is 7.40. The second-order valence-electron chi connectivity index (χ2n) is 5.40. The molecule has 0 spiro atoms. The van der Waals surface area contributed by atoms with Gasteiger partial charge in [0.25, 0.3) is 0 Å². The lowest BCUT2D eigenvalue weighted by Gasteiger charge is -2.35. The van der Waals surface area contributed by atoms with Crippen LogP contribution in [0.3, 0.4) is 0 Å². The molecule has 1 aromatic carbocycles. The van der Waals surface area contributed by atoms with Crippen molar-refractivity contribution in [2.45, 2.75) is 46.6 Å². The van der Waals surface area contributed by atoms with Gasteiger partial charge in [-0.15, -0.1) is 0 Å². The summed E-state index contributed by atoms with van der Waals surface area (Å²) in [5, 5.41) is 3.48. The standard InChI is InChI=1S/C15H23BrFN/c1-5-9-18-14(15(3,4)6-2)12-10-11(16)7-8-13(12)17/h7-8,10,14,18H,5-6,9H2,1-4H3. The van der Waals surface area contributed by atoms with Gasteiger partial charge in [0.15, 0.2) is 0 Å². The Balaban J connectivity index is 3.12. The van der Waals surface area contributed by atoms with Crippen molar-refractivity contribution in [3.05, 3.63) is 34.1 Å². The second kappa shape index (κ2) is 6.67. The van der Waals surface area contributed by atoms with Gasteiger partial charge in [0, 0.05) is 16.1 Å². The van der Waals surface area contributed by atoms with E-state index >= 15 is 0 Å². The van der Waals surface area contributed by atoms with Crippen molar-refractivity contribution in [2.75, 3.05) is 6.54 Å². The molecular weight excluding hydrogens is 293 g/mol. The van der Waals surface area contributed by atoms with Crippen LogP contribution in [0.15, 0.2) is 22.7 Å². The maximum absolute atomic E-state index is 14.1. The molecular formula is C15H23BrFN. The Morgan fingerprint density at radius 1 is 1.33 bits per heavy atom. The average molecular weight is 316 g/mol. The van der Waals surface area contributed by atoms with Gasteiger partial charge in [-0.25, -0.2) is 4.39 Å². The van der Waals surface area contributed by atoms with E-state index in [1.165, 1.54) is 6.07 Å². The SMILES string of the molecule is CCCNC(c1cc(Br)ccc1F)C(C)(C)CC. The number of rotatable bonds is 6. The van der Waals surface area contributed by atoms with Crippen LogP contribution < -0.4 is 5.32 Å². The van der Waals surface area contributed by atoms with E-state index in [-0.39, 0.29) is 17.3 Å². The Labute approximate surface area is 118 Å². The molecule has 0 fully saturated rings. The minimum absolute atomic E-state index is 0.0246. The molecule has 0 heterocycles. The Kier molecular flexibility index (Phi) is 5.80. The molecule has 0 radical (unpaired) electrons. The van der Waals surface area contributed by atoms with Crippen molar-refractivity contribution in [3.8, 4) is 0 Å². The van der Waals surface area contributed by atoms with Gasteiger partial charge >= 0.3 is 0 Å². The molecule has 3 heteroatoms. The maximum atomic E-state index is 14.1. The molecule has 0 aliphatic rings. The lowest BCUT2D eigenvalue weighted by Crippen LogP contribution is -2.35. The number of nitrogens with one attached hydrogen (secondary N) is 1. The number of hydrogen-bond donors (Lipinski definition) is 1. The molecule has 0 aliphatic carbocycles. The molecule has 0 amide bonds. The maximum Gasteiger partial charge on any atom is 0.128 e. The zero-order valence-electron chi connectivity index (χ0n) is 11.7. The Bertz CT molecular complexity index is 390. The first-order valence-electron chi connectivity index (χ1n) is 6.60. The minimum Gasteiger partial charge on any atom is -0.309 e. The summed E-state index contributed by atoms with van der Waals surface area (Å²) >= 11 is 3.43. The highest BCUT2D eigenvalue weighted by Gasteiger charge is 2.30. The van der Waals surface area contributed by atoms with Crippen molar-refractivity contribution >= 4 is 15.9 Å². The van der Waals surface area contributed by atoms with Crippen LogP contribution in [-0.4, -0.2) is 6.54 Å². The quantitative estimate of drug-likeness (QED) is 0.773. The average Bonchev–Trinajstić information content (AvgIpc) is 2.33. The van der Waals surface area contributed by atoms with Gasteiger partial charge in [-0.05, 0) is 43.0 Å². The topological polar surface area (TPSA) is 12.0 Å². The van der Waals surface area contributed by atoms with Gasteiger partial charge < -0.3 is 5.32 Å². The highest BCUT2D eigenvalue weighted by molar-refractivity contribution is 9.10. The predicted octanol–water partition coefficient (Wildman–Crippen LogP) is 5.07. The van der Waals surface area contributed by atoms with Crippen molar-refractivity contribution in [1.29, 1.82) is 0 Å². The van der Waals surface area contributed by atoms with Crippen LogP contribution in [0.5, 0.6) is 0 Å². The molecule has 1 aromatic rings. The van der Waals surface area contributed by atoms with E-state index in [1.807, 2.05) is 6.07 Å². The van der Waals surface area contributed by atoms with Crippen molar-refractivity contribution < 1.29 is 4.39 Å². The van der Waals surface area contributed by atoms with Crippen LogP contribution in [0.4, 0.5) is 4.39 Å². The van der Waals surface area contributed by atoms with Crippen molar-refractivity contribution in [2.24, 2.45) is 5.41 Å². The number of hydrogen-bond acceptors (Lipinski definition) is 1. The number of benzene rings is 1. The molecule has 0 aromatic heterocycles. The van der Waals surface area contributed by atoms with Gasteiger partial charge in [0.1, 0.15) is 5.82 Å². The van der Waals surface area contributed by atoms with E-state index in [2.05, 4.69) is 48.9 Å². The smallest absolute Gasteiger partial charge is 0.128 e. The highest BCUT2D eigenvalue weighted by atomic mass is 79.9. The van der Waals surface area contributed by atoms with E-state index < -0.39 is 0 Å². The van der Waals surface area contributed by atoms with E-state index in [1.54, 1.807) is 6.07 Å². The largest absolute Gasteiger partial charge is 0.309 e. The fourth-order valence-electron chi connectivity index (χ4n) is 2.04. The molecule has 0 saturated heterocycles. The fourth-order valence-corrected chi connectivity index (χ4v) is 2.41. The molecule has 0 saturated carbocycles. The van der Waals surface area contributed by atoms with E-state index in [0.717, 1.165) is 29.4 Å². The summed E-state index contributed by atoms with van der Waals surface area (Å²) in [6.45, 7) is 9.54. The second-order valence-corrected chi connectivity index (χ2v) is 6.31. The van der Waals surface area contributed by atoms with Gasteiger partial charge in [-0.3, -0.25) is 0 Å². The summed E-state index contributed by atoms with van der Waals surface area (Å²) in [4.78, 5) is 0. The van der Waals surface area contributed by atoms with E-state index in [9.17, 15) is 4.39 Å². The van der Waals surface area contributed by atoms with Gasteiger partial charge in [-0.2, -0.15) is 0 Å². The van der Waals surface area contributed by atoms with Gasteiger partial charge in [0.05, 0.1) is 0 Å². The summed E-state index contributed by atoms with van der Waals surface area (Å²) in [7, 11) is 0. The van der Waals surface area contributed by atoms with Gasteiger partial charge in [0.2, 0.25) is 0 Å². The summed E-state index contributed by atoms with van der Waals surface area (Å²) in [5.41, 5.74) is 0.779. The summed E-state index contributed by atoms with van der Waals surface area (Å²) in [6, 6.07) is 5.21. The molecule has 1 rings (SSSR count). The third kappa shape index (κ3) is 3.79. The molecule has 1 nitrogen and oxygen atoms in total. The highest BCUT2D eigenvalue weighted by Crippen LogP contribution is 2.38. The van der Waals surface area contributed by atoms with Crippen LogP contribution >= 0.6 is 15.9 Å². The zero-order chi connectivity index (χ0) is 13.8. The molecule has 18 heavy (non-hydrogen) atoms. The van der Waals surface area contributed by atoms with Crippen molar-refractivity contribution in [3.63, 3.8) is 0 Å². The summed E-state index contributed by atoms with van der Waals surface area (Å²) in [6.07, 6.45) is 2.05. The third-order valence-electron chi connectivity index (χ3n) is 3.56. The number of halogens is 2. The first kappa shape index (κ1) is 15.6. The van der Waals surface area contributed by atoms with Crippen LogP contribution in [-0.2, 0) is 0 Å². The third-order valence-corrected chi connectivity index (χ3v) is 4.05.